The van der Waals surface area contributed by atoms with Gasteiger partial charge in [-0.2, -0.15) is 0 Å². The van der Waals surface area contributed by atoms with Crippen LogP contribution < -0.4 is 10.1 Å². The molecule has 0 atom stereocenters. The largest absolute Gasteiger partial charge is 0.478 e. The van der Waals surface area contributed by atoms with Crippen LogP contribution in [-0.4, -0.2) is 24.5 Å². The molecule has 0 aliphatic heterocycles. The number of rotatable bonds is 7. The van der Waals surface area contributed by atoms with Crippen LogP contribution in [0.1, 0.15) is 19.3 Å². The first kappa shape index (κ1) is 14.9. The fraction of sp³-hybridized carbons (Fsp3) is 0.385. The highest BCUT2D eigenvalue weighted by molar-refractivity contribution is 14.1. The van der Waals surface area contributed by atoms with E-state index in [1.165, 1.54) is 0 Å². The molecular weight excluding hydrogens is 343 g/mol. The third kappa shape index (κ3) is 6.58. The molecule has 0 aliphatic carbocycles. The first-order chi connectivity index (χ1) is 8.72. The van der Waals surface area contributed by atoms with Crippen LogP contribution in [0.15, 0.2) is 30.5 Å². The summed E-state index contributed by atoms with van der Waals surface area (Å²) in [5, 5.41) is 2.53. The first-order valence-corrected chi connectivity index (χ1v) is 6.93. The SMILES string of the molecule is CNC(=O)/C=C/CCCCOc1ccc(I)cn1. The maximum absolute atomic E-state index is 10.9. The summed E-state index contributed by atoms with van der Waals surface area (Å²) in [5.74, 6) is 0.602. The van der Waals surface area contributed by atoms with Crippen LogP contribution in [0, 0.1) is 3.57 Å². The van der Waals surface area contributed by atoms with Gasteiger partial charge in [-0.1, -0.05) is 6.08 Å². The maximum atomic E-state index is 10.9. The Morgan fingerprint density at radius 2 is 2.33 bits per heavy atom. The van der Waals surface area contributed by atoms with E-state index in [0.717, 1.165) is 22.8 Å². The van der Waals surface area contributed by atoms with Crippen molar-refractivity contribution >= 4 is 28.5 Å². The number of unbranched alkanes of at least 4 members (excludes halogenated alkanes) is 2. The molecule has 1 amide bonds. The Labute approximate surface area is 121 Å². The van der Waals surface area contributed by atoms with Crippen molar-refractivity contribution in [3.05, 3.63) is 34.1 Å². The summed E-state index contributed by atoms with van der Waals surface area (Å²) in [6.45, 7) is 0.654. The van der Waals surface area contributed by atoms with Crippen LogP contribution in [0.4, 0.5) is 0 Å². The van der Waals surface area contributed by atoms with Gasteiger partial charge in [0.25, 0.3) is 0 Å². The van der Waals surface area contributed by atoms with Gasteiger partial charge in [0.05, 0.1) is 6.61 Å². The number of halogens is 1. The van der Waals surface area contributed by atoms with Crippen LogP contribution in [0.5, 0.6) is 5.88 Å². The molecule has 4 nitrogen and oxygen atoms in total. The molecule has 5 heteroatoms. The molecule has 1 rings (SSSR count). The second kappa shape index (κ2) is 8.91. The minimum absolute atomic E-state index is 0.0608. The van der Waals surface area contributed by atoms with Gasteiger partial charge in [0.1, 0.15) is 0 Å². The van der Waals surface area contributed by atoms with Gasteiger partial charge in [0.15, 0.2) is 0 Å². The van der Waals surface area contributed by atoms with Crippen LogP contribution in [-0.2, 0) is 4.79 Å². The van der Waals surface area contributed by atoms with Crippen molar-refractivity contribution < 1.29 is 9.53 Å². The third-order valence-electron chi connectivity index (χ3n) is 2.23. The zero-order chi connectivity index (χ0) is 13.2. The number of allylic oxidation sites excluding steroid dienone is 1. The molecule has 0 saturated heterocycles. The predicted octanol–water partition coefficient (Wildman–Crippen LogP) is 2.54. The van der Waals surface area contributed by atoms with Gasteiger partial charge in [0, 0.05) is 22.9 Å². The number of carbonyl (C=O) groups excluding carboxylic acids is 1. The summed E-state index contributed by atoms with van der Waals surface area (Å²) in [6, 6.07) is 3.84. The Hall–Kier alpha value is -1.11. The van der Waals surface area contributed by atoms with Gasteiger partial charge in [-0.25, -0.2) is 4.98 Å². The van der Waals surface area contributed by atoms with Crippen molar-refractivity contribution in [2.45, 2.75) is 19.3 Å². The molecule has 0 saturated carbocycles. The summed E-state index contributed by atoms with van der Waals surface area (Å²) in [4.78, 5) is 15.0. The molecule has 0 fully saturated rings. The van der Waals surface area contributed by atoms with Gasteiger partial charge in [-0.3, -0.25) is 4.79 Å². The highest BCUT2D eigenvalue weighted by atomic mass is 127. The van der Waals surface area contributed by atoms with Gasteiger partial charge in [-0.05, 0) is 54.0 Å². The normalized spacial score (nSPS) is 10.6. The van der Waals surface area contributed by atoms with Gasteiger partial charge >= 0.3 is 0 Å². The molecule has 18 heavy (non-hydrogen) atoms. The number of nitrogens with zero attached hydrogens (tertiary/aromatic N) is 1. The van der Waals surface area contributed by atoms with Crippen LogP contribution in [0.25, 0.3) is 0 Å². The maximum Gasteiger partial charge on any atom is 0.243 e. The molecule has 1 heterocycles. The van der Waals surface area contributed by atoms with Crippen LogP contribution in [0.2, 0.25) is 0 Å². The fourth-order valence-corrected chi connectivity index (χ4v) is 1.58. The van der Waals surface area contributed by atoms with E-state index in [1.807, 2.05) is 18.2 Å². The monoisotopic (exact) mass is 360 g/mol. The Balaban J connectivity index is 2.07. The minimum atomic E-state index is -0.0608. The topological polar surface area (TPSA) is 51.2 Å². The lowest BCUT2D eigenvalue weighted by atomic mass is 10.2. The van der Waals surface area contributed by atoms with Crippen LogP contribution >= 0.6 is 22.6 Å². The highest BCUT2D eigenvalue weighted by Crippen LogP contribution is 2.09. The van der Waals surface area contributed by atoms with Gasteiger partial charge in [-0.15, -0.1) is 0 Å². The average Bonchev–Trinajstić information content (AvgIpc) is 2.39. The molecule has 1 aromatic rings. The zero-order valence-electron chi connectivity index (χ0n) is 10.4. The van der Waals surface area contributed by atoms with E-state index < -0.39 is 0 Å². The van der Waals surface area contributed by atoms with E-state index in [4.69, 9.17) is 4.74 Å². The number of likely N-dealkylation sites (N-methyl/N-ethyl adjacent to an activating group) is 1. The number of amides is 1. The lowest BCUT2D eigenvalue weighted by molar-refractivity contribution is -0.116. The van der Waals surface area contributed by atoms with Crippen molar-refractivity contribution in [1.82, 2.24) is 10.3 Å². The highest BCUT2D eigenvalue weighted by Gasteiger charge is 1.95. The summed E-state index contributed by atoms with van der Waals surface area (Å²) in [5.41, 5.74) is 0. The second-order valence-electron chi connectivity index (χ2n) is 3.68. The molecule has 0 aromatic carbocycles. The minimum Gasteiger partial charge on any atom is -0.478 e. The van der Waals surface area contributed by atoms with E-state index in [-0.39, 0.29) is 5.91 Å². The Morgan fingerprint density at radius 1 is 1.50 bits per heavy atom. The number of ether oxygens (including phenoxy) is 1. The second-order valence-corrected chi connectivity index (χ2v) is 4.92. The first-order valence-electron chi connectivity index (χ1n) is 5.85. The number of pyridine rings is 1. The van der Waals surface area contributed by atoms with Crippen molar-refractivity contribution in [2.24, 2.45) is 0 Å². The number of aromatic nitrogens is 1. The quantitative estimate of drug-likeness (QED) is 0.462. The van der Waals surface area contributed by atoms with Gasteiger partial charge in [0.2, 0.25) is 11.8 Å². The van der Waals surface area contributed by atoms with Gasteiger partial charge < -0.3 is 10.1 Å². The Kier molecular flexibility index (Phi) is 7.40. The van der Waals surface area contributed by atoms with E-state index in [2.05, 4.69) is 32.9 Å². The number of hydrogen-bond donors (Lipinski definition) is 1. The summed E-state index contributed by atoms with van der Waals surface area (Å²) >= 11 is 2.21. The predicted molar refractivity (Wildman–Crippen MR) is 79.5 cm³/mol. The van der Waals surface area contributed by atoms with E-state index in [1.54, 1.807) is 19.3 Å². The smallest absolute Gasteiger partial charge is 0.243 e. The summed E-state index contributed by atoms with van der Waals surface area (Å²) < 4.78 is 6.59. The molecule has 1 aromatic heterocycles. The third-order valence-corrected chi connectivity index (χ3v) is 2.87. The fourth-order valence-electron chi connectivity index (χ4n) is 1.26. The lowest BCUT2D eigenvalue weighted by Gasteiger charge is -2.03. The molecule has 1 N–H and O–H groups in total. The number of nitrogens with one attached hydrogen (secondary N) is 1. The van der Waals surface area contributed by atoms with E-state index >= 15 is 0 Å². The summed E-state index contributed by atoms with van der Waals surface area (Å²) in [7, 11) is 1.62. The van der Waals surface area contributed by atoms with E-state index in [9.17, 15) is 4.79 Å². The number of carbonyl (C=O) groups is 1. The lowest BCUT2D eigenvalue weighted by Crippen LogP contribution is -2.13. The average molecular weight is 360 g/mol. The summed E-state index contributed by atoms with van der Waals surface area (Å²) in [6.07, 6.45) is 8.05. The molecule has 0 spiro atoms. The number of hydrogen-bond acceptors (Lipinski definition) is 3. The molecular formula is C13H17IN2O2. The zero-order valence-corrected chi connectivity index (χ0v) is 12.5. The molecule has 0 radical (unpaired) electrons. The Morgan fingerprint density at radius 3 is 3.00 bits per heavy atom. The Bertz CT molecular complexity index is 390. The van der Waals surface area contributed by atoms with Crippen LogP contribution in [0.3, 0.4) is 0 Å². The molecule has 0 aliphatic rings. The van der Waals surface area contributed by atoms with Crippen molar-refractivity contribution in [2.75, 3.05) is 13.7 Å². The van der Waals surface area contributed by atoms with E-state index in [0.29, 0.717) is 12.5 Å². The van der Waals surface area contributed by atoms with Crippen molar-refractivity contribution in [1.29, 1.82) is 0 Å². The molecule has 0 unspecified atom stereocenters. The molecule has 0 bridgehead atoms. The van der Waals surface area contributed by atoms with Crippen molar-refractivity contribution in [3.8, 4) is 5.88 Å². The standard InChI is InChI=1S/C13H17IN2O2/c1-15-12(17)6-4-2-3-5-9-18-13-8-7-11(14)10-16-13/h4,6-8,10H,2-3,5,9H2,1H3,(H,15,17)/b6-4+. The van der Waals surface area contributed by atoms with Crippen molar-refractivity contribution in [3.63, 3.8) is 0 Å². The molecule has 98 valence electrons.